The van der Waals surface area contributed by atoms with Crippen LogP contribution in [0.4, 0.5) is 0 Å². The summed E-state index contributed by atoms with van der Waals surface area (Å²) in [5.41, 5.74) is 1.33. The molecule has 0 amide bonds. The zero-order chi connectivity index (χ0) is 10.1. The Morgan fingerprint density at radius 1 is 1.00 bits per heavy atom. The molecule has 2 heteroatoms. The first-order valence-corrected chi connectivity index (χ1v) is 5.29. The van der Waals surface area contributed by atoms with E-state index in [0.29, 0.717) is 6.61 Å². The van der Waals surface area contributed by atoms with Crippen molar-refractivity contribution in [1.29, 1.82) is 0 Å². The van der Waals surface area contributed by atoms with Gasteiger partial charge in [-0.05, 0) is 31.4 Å². The number of aliphatic hydroxyl groups is 1. The lowest BCUT2D eigenvalue weighted by atomic mass is 10.2. The van der Waals surface area contributed by atoms with E-state index < -0.39 is 0 Å². The topological polar surface area (TPSA) is 32.3 Å². The van der Waals surface area contributed by atoms with Gasteiger partial charge in [0.05, 0.1) is 0 Å². The molecule has 0 fully saturated rings. The smallest absolute Gasteiger partial charge is 0.0431 e. The van der Waals surface area contributed by atoms with E-state index in [9.17, 15) is 0 Å². The first kappa shape index (κ1) is 11.2. The number of unbranched alkanes of at least 4 members (excludes halogenated alkanes) is 2. The maximum Gasteiger partial charge on any atom is 0.0431 e. The highest BCUT2D eigenvalue weighted by Gasteiger charge is 1.90. The summed E-state index contributed by atoms with van der Waals surface area (Å²) in [6, 6.07) is 10.4. The van der Waals surface area contributed by atoms with Gasteiger partial charge in [-0.15, -0.1) is 0 Å². The third kappa shape index (κ3) is 5.00. The molecule has 2 N–H and O–H groups in total. The fraction of sp³-hybridized carbons (Fsp3) is 0.500. The third-order valence-electron chi connectivity index (χ3n) is 2.18. The van der Waals surface area contributed by atoms with Crippen molar-refractivity contribution >= 4 is 0 Å². The van der Waals surface area contributed by atoms with E-state index >= 15 is 0 Å². The molecule has 0 atom stereocenters. The molecular weight excluding hydrogens is 174 g/mol. The van der Waals surface area contributed by atoms with E-state index in [1.165, 1.54) is 5.56 Å². The molecular formula is C12H19NO. The average Bonchev–Trinajstić information content (AvgIpc) is 2.25. The maximum absolute atomic E-state index is 8.58. The van der Waals surface area contributed by atoms with Crippen LogP contribution < -0.4 is 5.32 Å². The Morgan fingerprint density at radius 2 is 1.79 bits per heavy atom. The summed E-state index contributed by atoms with van der Waals surface area (Å²) in [4.78, 5) is 0. The predicted octanol–water partition coefficient (Wildman–Crippen LogP) is 1.94. The van der Waals surface area contributed by atoms with E-state index in [1.807, 2.05) is 6.07 Å². The molecule has 0 radical (unpaired) electrons. The molecule has 2 nitrogen and oxygen atoms in total. The average molecular weight is 193 g/mol. The molecule has 0 saturated heterocycles. The molecule has 0 aromatic heterocycles. The number of hydrogen-bond donors (Lipinski definition) is 2. The van der Waals surface area contributed by atoms with Crippen LogP contribution in [0, 0.1) is 0 Å². The summed E-state index contributed by atoms with van der Waals surface area (Å²) in [7, 11) is 0. The molecule has 0 unspecified atom stereocenters. The Hall–Kier alpha value is -0.860. The van der Waals surface area contributed by atoms with Crippen LogP contribution in [0.5, 0.6) is 0 Å². The highest BCUT2D eigenvalue weighted by molar-refractivity contribution is 5.14. The van der Waals surface area contributed by atoms with Crippen LogP contribution in [0.2, 0.25) is 0 Å². The number of hydrogen-bond acceptors (Lipinski definition) is 2. The van der Waals surface area contributed by atoms with Gasteiger partial charge >= 0.3 is 0 Å². The molecule has 0 aliphatic heterocycles. The first-order chi connectivity index (χ1) is 6.93. The zero-order valence-electron chi connectivity index (χ0n) is 8.58. The lowest BCUT2D eigenvalue weighted by Gasteiger charge is -2.03. The lowest BCUT2D eigenvalue weighted by molar-refractivity contribution is 0.283. The SMILES string of the molecule is OCCCCCNCc1ccccc1. The van der Waals surface area contributed by atoms with Gasteiger partial charge in [0.1, 0.15) is 0 Å². The van der Waals surface area contributed by atoms with Crippen LogP contribution in [-0.2, 0) is 6.54 Å². The van der Waals surface area contributed by atoms with Gasteiger partial charge in [0.2, 0.25) is 0 Å². The summed E-state index contributed by atoms with van der Waals surface area (Å²) in [5, 5.41) is 12.0. The highest BCUT2D eigenvalue weighted by Crippen LogP contribution is 1.98. The molecule has 0 aliphatic rings. The monoisotopic (exact) mass is 193 g/mol. The van der Waals surface area contributed by atoms with E-state index in [2.05, 4.69) is 29.6 Å². The van der Waals surface area contributed by atoms with Gasteiger partial charge in [0.25, 0.3) is 0 Å². The van der Waals surface area contributed by atoms with Gasteiger partial charge in [0, 0.05) is 13.2 Å². The molecule has 0 bridgehead atoms. The van der Waals surface area contributed by atoms with Gasteiger partial charge in [-0.1, -0.05) is 30.3 Å². The Kier molecular flexibility index (Phi) is 6.04. The Labute approximate surface area is 86.0 Å². The van der Waals surface area contributed by atoms with Crippen molar-refractivity contribution < 1.29 is 5.11 Å². The van der Waals surface area contributed by atoms with Crippen LogP contribution in [0.25, 0.3) is 0 Å². The van der Waals surface area contributed by atoms with Crippen molar-refractivity contribution in [1.82, 2.24) is 5.32 Å². The Balaban J connectivity index is 1.99. The second-order valence-corrected chi connectivity index (χ2v) is 3.45. The van der Waals surface area contributed by atoms with E-state index in [-0.39, 0.29) is 0 Å². The quantitative estimate of drug-likeness (QED) is 0.649. The zero-order valence-corrected chi connectivity index (χ0v) is 8.58. The molecule has 0 saturated carbocycles. The van der Waals surface area contributed by atoms with Crippen molar-refractivity contribution in [2.45, 2.75) is 25.8 Å². The van der Waals surface area contributed by atoms with Crippen molar-refractivity contribution in [2.24, 2.45) is 0 Å². The standard InChI is InChI=1S/C12H19NO/c14-10-6-2-5-9-13-11-12-7-3-1-4-8-12/h1,3-4,7-8,13-14H,2,5-6,9-11H2. The van der Waals surface area contributed by atoms with Gasteiger partial charge in [-0.3, -0.25) is 0 Å². The fourth-order valence-corrected chi connectivity index (χ4v) is 1.37. The van der Waals surface area contributed by atoms with Crippen LogP contribution in [0.3, 0.4) is 0 Å². The van der Waals surface area contributed by atoms with Crippen LogP contribution in [-0.4, -0.2) is 18.3 Å². The van der Waals surface area contributed by atoms with Crippen LogP contribution in [0.15, 0.2) is 30.3 Å². The third-order valence-corrected chi connectivity index (χ3v) is 2.18. The Morgan fingerprint density at radius 3 is 2.50 bits per heavy atom. The normalized spacial score (nSPS) is 10.4. The molecule has 14 heavy (non-hydrogen) atoms. The van der Waals surface area contributed by atoms with Gasteiger partial charge < -0.3 is 10.4 Å². The van der Waals surface area contributed by atoms with Crippen molar-refractivity contribution in [3.63, 3.8) is 0 Å². The minimum atomic E-state index is 0.318. The predicted molar refractivity (Wildman–Crippen MR) is 59.1 cm³/mol. The summed E-state index contributed by atoms with van der Waals surface area (Å²) in [6.07, 6.45) is 3.18. The molecule has 1 aromatic rings. The fourth-order valence-electron chi connectivity index (χ4n) is 1.37. The lowest BCUT2D eigenvalue weighted by Crippen LogP contribution is -2.14. The van der Waals surface area contributed by atoms with Crippen molar-refractivity contribution in [2.75, 3.05) is 13.2 Å². The number of aliphatic hydroxyl groups excluding tert-OH is 1. The van der Waals surface area contributed by atoms with E-state index in [4.69, 9.17) is 5.11 Å². The highest BCUT2D eigenvalue weighted by atomic mass is 16.2. The second-order valence-electron chi connectivity index (χ2n) is 3.45. The number of benzene rings is 1. The minimum Gasteiger partial charge on any atom is -0.396 e. The van der Waals surface area contributed by atoms with Crippen LogP contribution in [0.1, 0.15) is 24.8 Å². The largest absolute Gasteiger partial charge is 0.396 e. The number of rotatable bonds is 7. The second kappa shape index (κ2) is 7.54. The summed E-state index contributed by atoms with van der Waals surface area (Å²) in [6.45, 7) is 2.30. The summed E-state index contributed by atoms with van der Waals surface area (Å²) >= 11 is 0. The van der Waals surface area contributed by atoms with E-state index in [0.717, 1.165) is 32.4 Å². The molecule has 0 spiro atoms. The molecule has 78 valence electrons. The number of nitrogens with one attached hydrogen (secondary N) is 1. The maximum atomic E-state index is 8.58. The molecule has 1 aromatic carbocycles. The van der Waals surface area contributed by atoms with Gasteiger partial charge in [-0.2, -0.15) is 0 Å². The van der Waals surface area contributed by atoms with Gasteiger partial charge in [0.15, 0.2) is 0 Å². The van der Waals surface area contributed by atoms with Gasteiger partial charge in [-0.25, -0.2) is 0 Å². The summed E-state index contributed by atoms with van der Waals surface area (Å²) < 4.78 is 0. The van der Waals surface area contributed by atoms with Crippen molar-refractivity contribution in [3.05, 3.63) is 35.9 Å². The van der Waals surface area contributed by atoms with Crippen molar-refractivity contribution in [3.8, 4) is 0 Å². The Bertz CT molecular complexity index is 223. The van der Waals surface area contributed by atoms with Crippen LogP contribution >= 0.6 is 0 Å². The van der Waals surface area contributed by atoms with E-state index in [1.54, 1.807) is 0 Å². The summed E-state index contributed by atoms with van der Waals surface area (Å²) in [5.74, 6) is 0. The molecule has 0 aliphatic carbocycles. The molecule has 0 heterocycles. The minimum absolute atomic E-state index is 0.318. The molecule has 1 rings (SSSR count). The first-order valence-electron chi connectivity index (χ1n) is 5.29.